The van der Waals surface area contributed by atoms with Crippen LogP contribution in [0.15, 0.2) is 72.4 Å². The van der Waals surface area contributed by atoms with Crippen LogP contribution in [-0.4, -0.2) is 11.8 Å². The van der Waals surface area contributed by atoms with Gasteiger partial charge in [0.05, 0.1) is 11.3 Å². The van der Waals surface area contributed by atoms with E-state index >= 15 is 0 Å². The molecule has 0 bridgehead atoms. The number of anilines is 2. The zero-order valence-electron chi connectivity index (χ0n) is 17.7. The van der Waals surface area contributed by atoms with Crippen LogP contribution in [0.2, 0.25) is 5.02 Å². The predicted molar refractivity (Wildman–Crippen MR) is 126 cm³/mol. The Balaban J connectivity index is 1.83. The summed E-state index contributed by atoms with van der Waals surface area (Å²) in [5.41, 5.74) is 5.79. The number of amides is 2. The van der Waals surface area contributed by atoms with Crippen molar-refractivity contribution in [2.24, 2.45) is 0 Å². The molecule has 0 radical (unpaired) electrons. The SMILES string of the molecule is CCc1ccc(NC2=C(c3ccc(C)cc3C)C(=O)N(c3cccc(Cl)c3)C2=O)cc1. The van der Waals surface area contributed by atoms with Gasteiger partial charge in [-0.25, -0.2) is 4.90 Å². The summed E-state index contributed by atoms with van der Waals surface area (Å²) in [5.74, 6) is -0.770. The normalized spacial score (nSPS) is 13.9. The summed E-state index contributed by atoms with van der Waals surface area (Å²) in [5, 5.41) is 3.67. The average molecular weight is 431 g/mol. The van der Waals surface area contributed by atoms with Crippen LogP contribution in [0, 0.1) is 13.8 Å². The van der Waals surface area contributed by atoms with Crippen LogP contribution >= 0.6 is 11.6 Å². The lowest BCUT2D eigenvalue weighted by molar-refractivity contribution is -0.120. The highest BCUT2D eigenvalue weighted by atomic mass is 35.5. The minimum atomic E-state index is -0.401. The first-order chi connectivity index (χ1) is 14.9. The van der Waals surface area contributed by atoms with E-state index in [4.69, 9.17) is 11.6 Å². The van der Waals surface area contributed by atoms with Crippen molar-refractivity contribution in [3.8, 4) is 0 Å². The number of hydrogen-bond donors (Lipinski definition) is 1. The highest BCUT2D eigenvalue weighted by molar-refractivity contribution is 6.46. The van der Waals surface area contributed by atoms with Crippen LogP contribution in [0.5, 0.6) is 0 Å². The maximum atomic E-state index is 13.5. The summed E-state index contributed by atoms with van der Waals surface area (Å²) in [6.45, 7) is 6.04. The summed E-state index contributed by atoms with van der Waals surface area (Å²) in [6, 6.07) is 20.5. The third-order valence-corrected chi connectivity index (χ3v) is 5.67. The van der Waals surface area contributed by atoms with Crippen LogP contribution in [0.1, 0.15) is 29.2 Å². The smallest absolute Gasteiger partial charge is 0.282 e. The summed E-state index contributed by atoms with van der Waals surface area (Å²) >= 11 is 6.13. The topological polar surface area (TPSA) is 49.4 Å². The quantitative estimate of drug-likeness (QED) is 0.511. The van der Waals surface area contributed by atoms with Crippen molar-refractivity contribution in [2.45, 2.75) is 27.2 Å². The predicted octanol–water partition coefficient (Wildman–Crippen LogP) is 5.92. The van der Waals surface area contributed by atoms with Crippen LogP contribution in [0.3, 0.4) is 0 Å². The van der Waals surface area contributed by atoms with Gasteiger partial charge in [0.2, 0.25) is 0 Å². The first-order valence-corrected chi connectivity index (χ1v) is 10.6. The van der Waals surface area contributed by atoms with E-state index in [0.29, 0.717) is 16.3 Å². The van der Waals surface area contributed by atoms with Crippen molar-refractivity contribution in [3.05, 3.63) is 99.7 Å². The number of benzene rings is 3. The van der Waals surface area contributed by atoms with E-state index in [1.807, 2.05) is 56.3 Å². The Bertz CT molecular complexity index is 1210. The maximum Gasteiger partial charge on any atom is 0.282 e. The molecule has 1 aliphatic rings. The summed E-state index contributed by atoms with van der Waals surface area (Å²) < 4.78 is 0. The third kappa shape index (κ3) is 3.99. The minimum Gasteiger partial charge on any atom is -0.350 e. The fraction of sp³-hybridized carbons (Fsp3) is 0.154. The highest BCUT2D eigenvalue weighted by Gasteiger charge is 2.40. The number of carbonyl (C=O) groups excluding carboxylic acids is 2. The van der Waals surface area contributed by atoms with E-state index in [1.165, 1.54) is 10.5 Å². The lowest BCUT2D eigenvalue weighted by Crippen LogP contribution is -2.32. The number of nitrogens with zero attached hydrogens (tertiary/aromatic N) is 1. The van der Waals surface area contributed by atoms with E-state index in [2.05, 4.69) is 12.2 Å². The lowest BCUT2D eigenvalue weighted by atomic mass is 9.97. The number of imide groups is 1. The molecule has 0 aliphatic carbocycles. The van der Waals surface area contributed by atoms with Crippen molar-refractivity contribution in [3.63, 3.8) is 0 Å². The average Bonchev–Trinajstić information content (AvgIpc) is 2.98. The van der Waals surface area contributed by atoms with Gasteiger partial charge in [-0.1, -0.05) is 60.5 Å². The van der Waals surface area contributed by atoms with E-state index in [-0.39, 0.29) is 11.6 Å². The van der Waals surface area contributed by atoms with Gasteiger partial charge in [-0.05, 0) is 67.3 Å². The number of carbonyl (C=O) groups is 2. The molecule has 1 N–H and O–H groups in total. The van der Waals surface area contributed by atoms with Gasteiger partial charge in [-0.15, -0.1) is 0 Å². The number of aryl methyl sites for hydroxylation is 3. The Kier molecular flexibility index (Phi) is 5.66. The van der Waals surface area contributed by atoms with Crippen molar-refractivity contribution in [1.82, 2.24) is 0 Å². The summed E-state index contributed by atoms with van der Waals surface area (Å²) in [6.07, 6.45) is 0.927. The molecule has 0 saturated carbocycles. The van der Waals surface area contributed by atoms with Gasteiger partial charge in [0.25, 0.3) is 11.8 Å². The Morgan fingerprint density at radius 2 is 1.65 bits per heavy atom. The molecule has 5 heteroatoms. The molecule has 2 amide bonds. The molecule has 4 nitrogen and oxygen atoms in total. The Morgan fingerprint density at radius 1 is 0.903 bits per heavy atom. The van der Waals surface area contributed by atoms with Crippen LogP contribution < -0.4 is 10.2 Å². The van der Waals surface area contributed by atoms with Gasteiger partial charge in [-0.2, -0.15) is 0 Å². The van der Waals surface area contributed by atoms with E-state index in [1.54, 1.807) is 24.3 Å². The minimum absolute atomic E-state index is 0.265. The number of rotatable bonds is 5. The molecular formula is C26H23ClN2O2. The molecule has 1 heterocycles. The van der Waals surface area contributed by atoms with Gasteiger partial charge in [-0.3, -0.25) is 9.59 Å². The molecule has 156 valence electrons. The van der Waals surface area contributed by atoms with Crippen molar-refractivity contribution in [1.29, 1.82) is 0 Å². The number of halogens is 1. The largest absolute Gasteiger partial charge is 0.350 e. The van der Waals surface area contributed by atoms with Crippen molar-refractivity contribution in [2.75, 3.05) is 10.2 Å². The maximum absolute atomic E-state index is 13.5. The Hall–Kier alpha value is -3.37. The monoisotopic (exact) mass is 430 g/mol. The van der Waals surface area contributed by atoms with Gasteiger partial charge >= 0.3 is 0 Å². The molecule has 3 aromatic rings. The zero-order chi connectivity index (χ0) is 22.1. The Labute approximate surface area is 187 Å². The third-order valence-electron chi connectivity index (χ3n) is 5.43. The second-order valence-corrected chi connectivity index (χ2v) is 8.11. The molecule has 0 unspecified atom stereocenters. The molecule has 31 heavy (non-hydrogen) atoms. The first kappa shape index (κ1) is 20.9. The number of hydrogen-bond acceptors (Lipinski definition) is 3. The molecule has 3 aromatic carbocycles. The summed E-state index contributed by atoms with van der Waals surface area (Å²) in [7, 11) is 0. The van der Waals surface area contributed by atoms with Gasteiger partial charge in [0.15, 0.2) is 0 Å². The van der Waals surface area contributed by atoms with Crippen LogP contribution in [0.4, 0.5) is 11.4 Å². The molecule has 0 spiro atoms. The van der Waals surface area contributed by atoms with Crippen LogP contribution in [0.25, 0.3) is 5.57 Å². The number of nitrogens with one attached hydrogen (secondary N) is 1. The fourth-order valence-corrected chi connectivity index (χ4v) is 3.99. The van der Waals surface area contributed by atoms with Gasteiger partial charge in [0.1, 0.15) is 5.70 Å². The van der Waals surface area contributed by atoms with E-state index < -0.39 is 5.91 Å². The van der Waals surface area contributed by atoms with E-state index in [0.717, 1.165) is 28.8 Å². The van der Waals surface area contributed by atoms with Crippen molar-refractivity contribution < 1.29 is 9.59 Å². The second-order valence-electron chi connectivity index (χ2n) is 7.67. The molecule has 1 aliphatic heterocycles. The summed E-state index contributed by atoms with van der Waals surface area (Å²) in [4.78, 5) is 28.2. The highest BCUT2D eigenvalue weighted by Crippen LogP contribution is 2.35. The first-order valence-electron chi connectivity index (χ1n) is 10.2. The van der Waals surface area contributed by atoms with Gasteiger partial charge in [0, 0.05) is 10.7 Å². The molecule has 0 atom stereocenters. The van der Waals surface area contributed by atoms with Crippen LogP contribution in [-0.2, 0) is 16.0 Å². The fourth-order valence-electron chi connectivity index (χ4n) is 3.81. The van der Waals surface area contributed by atoms with Gasteiger partial charge < -0.3 is 5.32 Å². The second kappa shape index (κ2) is 8.40. The Morgan fingerprint density at radius 3 is 2.29 bits per heavy atom. The van der Waals surface area contributed by atoms with E-state index in [9.17, 15) is 9.59 Å². The standard InChI is InChI=1S/C26H23ClN2O2/c1-4-18-9-11-20(12-10-18)28-24-23(22-13-8-16(2)14-17(22)3)25(30)29(26(24)31)21-7-5-6-19(27)15-21/h5-15,28H,4H2,1-3H3. The molecule has 0 fully saturated rings. The molecule has 0 saturated heterocycles. The zero-order valence-corrected chi connectivity index (χ0v) is 18.5. The van der Waals surface area contributed by atoms with Crippen molar-refractivity contribution >= 4 is 40.4 Å². The molecule has 4 rings (SSSR count). The molecule has 0 aromatic heterocycles. The lowest BCUT2D eigenvalue weighted by Gasteiger charge is -2.16. The molecular weight excluding hydrogens is 408 g/mol.